The zero-order chi connectivity index (χ0) is 55.8. The first-order chi connectivity index (χ1) is 39.8. The lowest BCUT2D eigenvalue weighted by molar-refractivity contribution is 0.792. The number of pyridine rings is 2. The van der Waals surface area contributed by atoms with Crippen LogP contribution in [0.2, 0.25) is 0 Å². The van der Waals surface area contributed by atoms with Gasteiger partial charge in [0.2, 0.25) is 0 Å². The van der Waals surface area contributed by atoms with Gasteiger partial charge < -0.3 is 0 Å². The molecule has 17 rings (SSSR count). The highest BCUT2D eigenvalue weighted by atomic mass is 16.2. The number of para-hydroxylation sites is 2. The molecule has 17 aromatic rings. The molecule has 82 heavy (non-hydrogen) atoms. The Morgan fingerprint density at radius 2 is 0.427 bits per heavy atom. The lowest BCUT2D eigenvalue weighted by Crippen LogP contribution is -2.34. The molecule has 0 aliphatic rings. The van der Waals surface area contributed by atoms with Crippen LogP contribution in [0.5, 0.6) is 0 Å². The third-order valence-corrected chi connectivity index (χ3v) is 19.1. The Morgan fingerprint density at radius 1 is 0.220 bits per heavy atom. The Morgan fingerprint density at radius 3 is 0.646 bits per heavy atom. The Bertz CT molecular complexity index is 5270. The smallest absolute Gasteiger partial charge is 0.266 e. The number of fused-ring (bicyclic) bond motifs is 16. The van der Waals surface area contributed by atoms with E-state index in [1.165, 1.54) is 9.13 Å². The number of nitrogens with zero attached hydrogens (tertiary/aromatic N) is 2. The van der Waals surface area contributed by atoms with Crippen molar-refractivity contribution < 1.29 is 0 Å². The predicted molar refractivity (Wildman–Crippen MR) is 348 cm³/mol. The zero-order valence-corrected chi connectivity index (χ0v) is 46.8. The van der Waals surface area contributed by atoms with E-state index in [-0.39, 0.29) is 45.9 Å². The van der Waals surface area contributed by atoms with Crippen molar-refractivity contribution in [2.24, 2.45) is 0 Å². The van der Waals surface area contributed by atoms with E-state index in [0.29, 0.717) is 43.7 Å². The summed E-state index contributed by atoms with van der Waals surface area (Å²) in [7, 11) is 0. The SMILES string of the molecule is CC(C)c1cccc(C(C)C)c1-n1c(=O)c2cc3c4c5ccccc5c5ccccc5c4c4cc5c(=O)n(-c6c(C(C)C)cccc6C(C)C)c(=O)c6cc7c8c9ccccc9c9ccccc9c8c8cc(c1=O)c2c1c3c4c(c56)c7c81. The third kappa shape index (κ3) is 5.60. The average molecular weight is 1060 g/mol. The molecule has 0 unspecified atom stereocenters. The van der Waals surface area contributed by atoms with Crippen molar-refractivity contribution in [2.75, 3.05) is 0 Å². The van der Waals surface area contributed by atoms with E-state index < -0.39 is 0 Å². The molecule has 392 valence electrons. The molecule has 0 N–H and O–H groups in total. The van der Waals surface area contributed by atoms with Gasteiger partial charge in [-0.25, -0.2) is 9.13 Å². The van der Waals surface area contributed by atoms with E-state index in [9.17, 15) is 0 Å². The first-order valence-electron chi connectivity index (χ1n) is 29.0. The molecule has 0 fully saturated rings. The molecule has 0 aliphatic carbocycles. The van der Waals surface area contributed by atoms with Crippen LogP contribution >= 0.6 is 0 Å². The molecule has 6 heteroatoms. The van der Waals surface area contributed by atoms with Crippen LogP contribution in [0.4, 0.5) is 0 Å². The zero-order valence-electron chi connectivity index (χ0n) is 46.8. The second-order valence-electron chi connectivity index (χ2n) is 24.6. The van der Waals surface area contributed by atoms with Crippen molar-refractivity contribution in [2.45, 2.75) is 79.1 Å². The second kappa shape index (κ2) is 16.1. The molecule has 0 saturated carbocycles. The van der Waals surface area contributed by atoms with Crippen LogP contribution < -0.4 is 22.2 Å². The molecule has 0 amide bonds. The minimum Gasteiger partial charge on any atom is -0.268 e. The molecule has 2 heterocycles. The molecule has 0 atom stereocenters. The highest BCUT2D eigenvalue weighted by Gasteiger charge is 2.34. The molecule has 0 aliphatic heterocycles. The number of aromatic nitrogens is 2. The van der Waals surface area contributed by atoms with Gasteiger partial charge in [0.05, 0.1) is 11.4 Å². The summed E-state index contributed by atoms with van der Waals surface area (Å²) >= 11 is 0. The maximum Gasteiger partial charge on any atom is 0.266 e. The fourth-order valence-electron chi connectivity index (χ4n) is 15.8. The molecular weight excluding hydrogens is 1000 g/mol. The fourth-order valence-corrected chi connectivity index (χ4v) is 15.8. The Kier molecular flexibility index (Phi) is 9.29. The Labute approximate surface area is 469 Å². The van der Waals surface area contributed by atoms with Crippen LogP contribution in [0.1, 0.15) is 101 Å². The van der Waals surface area contributed by atoms with Gasteiger partial charge in [-0.2, -0.15) is 0 Å². The van der Waals surface area contributed by atoms with Crippen molar-refractivity contribution in [3.8, 4) is 11.4 Å². The van der Waals surface area contributed by atoms with Gasteiger partial charge in [-0.1, -0.05) is 189 Å². The standard InChI is InChI=1S/C76H54N2O4/c1-35(2)39-27-17-28-40(36(3)4)71(39)77-73(79)55-31-51-59-47-23-13-9-19-43(47)45-21-11-15-25-49(45)61(59)53-33-57-64-58(76(82)78(75(57)81)72-41(37(5)6)29-18-30-42(72)38(7)8)34-54-62-50-26-16-12-22-46(50)44-20-10-14-24-48(44)60(62)52-32-56(74(77)80)63(55)69-65(51)67(53)70(64)68(54)66(52)69/h9-38H,1-8H3. The van der Waals surface area contributed by atoms with E-state index in [2.05, 4.69) is 213 Å². The topological polar surface area (TPSA) is 78.1 Å². The number of rotatable bonds is 6. The summed E-state index contributed by atoms with van der Waals surface area (Å²) < 4.78 is 3.02. The maximum absolute atomic E-state index is 16.4. The number of hydrogen-bond acceptors (Lipinski definition) is 4. The molecule has 0 bridgehead atoms. The van der Waals surface area contributed by atoms with Gasteiger partial charge >= 0.3 is 0 Å². The van der Waals surface area contributed by atoms with Crippen molar-refractivity contribution in [1.82, 2.24) is 9.13 Å². The van der Waals surface area contributed by atoms with E-state index in [1.54, 1.807) is 0 Å². The second-order valence-corrected chi connectivity index (χ2v) is 24.6. The molecule has 0 radical (unpaired) electrons. The van der Waals surface area contributed by atoms with Gasteiger partial charge in [0, 0.05) is 43.1 Å². The van der Waals surface area contributed by atoms with E-state index in [0.717, 1.165) is 141 Å². The summed E-state index contributed by atoms with van der Waals surface area (Å²) in [6, 6.07) is 55.0. The first-order valence-corrected chi connectivity index (χ1v) is 29.0. The van der Waals surface area contributed by atoms with Gasteiger partial charge in [-0.05, 0) is 178 Å². The summed E-state index contributed by atoms with van der Waals surface area (Å²) in [5.41, 5.74) is 3.67. The van der Waals surface area contributed by atoms with Crippen molar-refractivity contribution in [1.29, 1.82) is 0 Å². The van der Waals surface area contributed by atoms with Crippen LogP contribution in [0.3, 0.4) is 0 Å². The van der Waals surface area contributed by atoms with Crippen molar-refractivity contribution in [3.63, 3.8) is 0 Å². The molecule has 15 aromatic carbocycles. The average Bonchev–Trinajstić information content (AvgIpc) is 0.897. The minimum absolute atomic E-state index is 0.00919. The Hall–Kier alpha value is -9.52. The molecule has 0 spiro atoms. The van der Waals surface area contributed by atoms with Crippen LogP contribution in [-0.4, -0.2) is 9.13 Å². The molecule has 2 aromatic heterocycles. The van der Waals surface area contributed by atoms with Gasteiger partial charge in [-0.15, -0.1) is 0 Å². The van der Waals surface area contributed by atoms with Crippen LogP contribution in [0.25, 0.3) is 162 Å². The summed E-state index contributed by atoms with van der Waals surface area (Å²) in [6.07, 6.45) is 0. The Balaban J connectivity index is 1.27. The van der Waals surface area contributed by atoms with Crippen LogP contribution in [0, 0.1) is 0 Å². The quantitative estimate of drug-likeness (QED) is 0.123. The van der Waals surface area contributed by atoms with Crippen LogP contribution in [0.15, 0.2) is 177 Å². The van der Waals surface area contributed by atoms with Crippen molar-refractivity contribution >= 4 is 151 Å². The van der Waals surface area contributed by atoms with E-state index >= 15 is 19.2 Å². The summed E-state index contributed by atoms with van der Waals surface area (Å²) in [5, 5.41) is 24.4. The van der Waals surface area contributed by atoms with E-state index in [1.807, 2.05) is 0 Å². The number of benzene rings is 15. The monoisotopic (exact) mass is 1060 g/mol. The molecule has 0 saturated heterocycles. The third-order valence-electron chi connectivity index (χ3n) is 19.1. The summed E-state index contributed by atoms with van der Waals surface area (Å²) in [6.45, 7) is 17.0. The van der Waals surface area contributed by atoms with E-state index in [4.69, 9.17) is 0 Å². The minimum atomic E-state index is -0.352. The van der Waals surface area contributed by atoms with Crippen LogP contribution in [-0.2, 0) is 0 Å². The molecular formula is C76H54N2O4. The van der Waals surface area contributed by atoms with Gasteiger partial charge in [0.25, 0.3) is 22.2 Å². The highest BCUT2D eigenvalue weighted by Crippen LogP contribution is 2.58. The normalized spacial score (nSPS) is 13.0. The fraction of sp³-hybridized carbons (Fsp3) is 0.158. The largest absolute Gasteiger partial charge is 0.268 e. The lowest BCUT2D eigenvalue weighted by Gasteiger charge is -2.28. The number of hydrogen-bond donors (Lipinski definition) is 0. The summed E-state index contributed by atoms with van der Waals surface area (Å²) in [5.74, 6) is 0.0368. The van der Waals surface area contributed by atoms with Crippen molar-refractivity contribution in [3.05, 3.63) is 221 Å². The highest BCUT2D eigenvalue weighted by molar-refractivity contribution is 6.58. The van der Waals surface area contributed by atoms with Gasteiger partial charge in [0.1, 0.15) is 0 Å². The van der Waals surface area contributed by atoms with Gasteiger partial charge in [-0.3, -0.25) is 19.2 Å². The maximum atomic E-state index is 16.4. The predicted octanol–water partition coefficient (Wildman–Crippen LogP) is 18.5. The van der Waals surface area contributed by atoms with Gasteiger partial charge in [0.15, 0.2) is 0 Å². The first kappa shape index (κ1) is 47.3. The summed E-state index contributed by atoms with van der Waals surface area (Å²) in [4.78, 5) is 65.6. The lowest BCUT2D eigenvalue weighted by atomic mass is 9.75. The molecule has 6 nitrogen and oxygen atoms in total.